The number of hydrogen-bond donors (Lipinski definition) is 0. The monoisotopic (exact) mass is 769 g/mol. The van der Waals surface area contributed by atoms with E-state index in [1.807, 2.05) is 36.4 Å². The Bertz CT molecular complexity index is 3080. The van der Waals surface area contributed by atoms with Gasteiger partial charge in [0.1, 0.15) is 0 Å². The van der Waals surface area contributed by atoms with E-state index in [1.54, 1.807) is 11.1 Å². The highest BCUT2D eigenvalue weighted by molar-refractivity contribution is 6.04. The van der Waals surface area contributed by atoms with E-state index in [0.717, 1.165) is 34.1 Å². The normalized spacial score (nSPS) is 22.1. The van der Waals surface area contributed by atoms with E-state index in [1.165, 1.54) is 81.5 Å². The molecule has 1 aromatic heterocycles. The summed E-state index contributed by atoms with van der Waals surface area (Å²) in [5, 5.41) is 5.67. The molecule has 5 aliphatic carbocycles. The van der Waals surface area contributed by atoms with Crippen LogP contribution < -0.4 is 0 Å². The van der Waals surface area contributed by atoms with Crippen LogP contribution in [0.4, 0.5) is 0 Å². The van der Waals surface area contributed by atoms with Crippen LogP contribution in [0.2, 0.25) is 0 Å². The summed E-state index contributed by atoms with van der Waals surface area (Å²) in [4.78, 5) is 14.9. The minimum Gasteiger partial charge on any atom is -0.208 e. The summed E-state index contributed by atoms with van der Waals surface area (Å²) in [6.45, 7) is 0. The molecule has 0 amide bonds. The maximum atomic E-state index is 5.01. The molecule has 14 rings (SSSR count). The summed E-state index contributed by atoms with van der Waals surface area (Å²) in [5.74, 6) is 5.24. The number of aromatic nitrogens is 3. The first kappa shape index (κ1) is 34.2. The van der Waals surface area contributed by atoms with E-state index in [0.29, 0.717) is 29.3 Å². The molecule has 60 heavy (non-hydrogen) atoms. The molecule has 8 aromatic carbocycles. The van der Waals surface area contributed by atoms with Crippen LogP contribution in [0.25, 0.3) is 89.1 Å². The zero-order valence-electron chi connectivity index (χ0n) is 33.4. The smallest absolute Gasteiger partial charge is 0.164 e. The Morgan fingerprint density at radius 2 is 0.783 bits per heavy atom. The highest BCUT2D eigenvalue weighted by Crippen LogP contribution is 2.71. The van der Waals surface area contributed by atoms with Gasteiger partial charge in [0.15, 0.2) is 17.5 Å². The average Bonchev–Trinajstić information content (AvgIpc) is 3.62. The molecule has 5 aliphatic rings. The van der Waals surface area contributed by atoms with Gasteiger partial charge in [-0.05, 0) is 140 Å². The molecule has 0 saturated heterocycles. The van der Waals surface area contributed by atoms with E-state index in [2.05, 4.69) is 140 Å². The van der Waals surface area contributed by atoms with Crippen molar-refractivity contribution in [2.24, 2.45) is 23.7 Å². The van der Waals surface area contributed by atoms with Gasteiger partial charge >= 0.3 is 0 Å². The van der Waals surface area contributed by atoms with Crippen LogP contribution in [0.1, 0.15) is 43.2 Å². The lowest BCUT2D eigenvalue weighted by atomic mass is 9.42. The maximum absolute atomic E-state index is 5.01. The first-order valence-corrected chi connectivity index (χ1v) is 21.9. The summed E-state index contributed by atoms with van der Waals surface area (Å²) in [6.07, 6.45) is 6.99. The lowest BCUT2D eigenvalue weighted by molar-refractivity contribution is -0.0388. The van der Waals surface area contributed by atoms with Gasteiger partial charge in [0.25, 0.3) is 0 Å². The lowest BCUT2D eigenvalue weighted by Gasteiger charge is -2.61. The number of fused-ring (bicyclic) bond motifs is 7. The van der Waals surface area contributed by atoms with Crippen LogP contribution in [0.15, 0.2) is 176 Å². The highest BCUT2D eigenvalue weighted by Gasteiger charge is 2.62. The summed E-state index contributed by atoms with van der Waals surface area (Å²) >= 11 is 0. The molecule has 0 unspecified atom stereocenters. The number of nitrogens with zero attached hydrogens (tertiary/aromatic N) is 3. The molecule has 4 saturated carbocycles. The van der Waals surface area contributed by atoms with E-state index in [4.69, 9.17) is 15.0 Å². The van der Waals surface area contributed by atoms with E-state index in [9.17, 15) is 0 Å². The summed E-state index contributed by atoms with van der Waals surface area (Å²) < 4.78 is 0. The molecule has 4 bridgehead atoms. The minimum atomic E-state index is 0.0904. The molecule has 1 spiro atoms. The van der Waals surface area contributed by atoms with Crippen molar-refractivity contribution in [3.8, 4) is 67.5 Å². The quantitative estimate of drug-likeness (QED) is 0.175. The van der Waals surface area contributed by atoms with Gasteiger partial charge in [-0.15, -0.1) is 0 Å². The second-order valence-electron chi connectivity index (χ2n) is 18.0. The van der Waals surface area contributed by atoms with Crippen LogP contribution in [0, 0.1) is 23.7 Å². The fraction of sp³-hybridized carbons (Fsp3) is 0.175. The maximum Gasteiger partial charge on any atom is 0.164 e. The zero-order chi connectivity index (χ0) is 39.4. The fourth-order valence-corrected chi connectivity index (χ4v) is 12.6. The Hall–Kier alpha value is -6.71. The van der Waals surface area contributed by atoms with Gasteiger partial charge in [-0.1, -0.05) is 158 Å². The van der Waals surface area contributed by atoms with Gasteiger partial charge in [-0.3, -0.25) is 0 Å². The molecular formula is C57H43N3. The molecule has 4 fully saturated rings. The molecule has 9 aromatic rings. The Kier molecular flexibility index (Phi) is 7.49. The molecule has 3 heteroatoms. The first-order valence-electron chi connectivity index (χ1n) is 21.9. The minimum absolute atomic E-state index is 0.0904. The van der Waals surface area contributed by atoms with Crippen molar-refractivity contribution >= 4 is 21.5 Å². The van der Waals surface area contributed by atoms with Crippen molar-refractivity contribution < 1.29 is 0 Å². The van der Waals surface area contributed by atoms with Crippen molar-refractivity contribution in [2.45, 2.75) is 37.5 Å². The largest absolute Gasteiger partial charge is 0.208 e. The van der Waals surface area contributed by atoms with Crippen molar-refractivity contribution in [1.82, 2.24) is 15.0 Å². The Balaban J connectivity index is 0.902. The van der Waals surface area contributed by atoms with Gasteiger partial charge < -0.3 is 0 Å². The topological polar surface area (TPSA) is 38.7 Å². The third-order valence-electron chi connectivity index (χ3n) is 14.8. The third kappa shape index (κ3) is 5.11. The Morgan fingerprint density at radius 3 is 1.38 bits per heavy atom. The number of hydrogen-bond acceptors (Lipinski definition) is 3. The highest BCUT2D eigenvalue weighted by atomic mass is 15.0. The molecular weight excluding hydrogens is 727 g/mol. The Morgan fingerprint density at radius 1 is 0.333 bits per heavy atom. The van der Waals surface area contributed by atoms with Gasteiger partial charge in [0.05, 0.1) is 0 Å². The summed E-state index contributed by atoms with van der Waals surface area (Å²) in [6, 6.07) is 64.2. The molecule has 1 heterocycles. The molecule has 0 N–H and O–H groups in total. The zero-order valence-corrected chi connectivity index (χ0v) is 33.4. The van der Waals surface area contributed by atoms with Crippen molar-refractivity contribution in [1.29, 1.82) is 0 Å². The SMILES string of the molecule is c1ccc(-c2nc(-c3ccccc3)nc(-c3cccc(-c4cccc(-c5ccc6c7c(ccc6c5)-c5ccc6ccccc6c5C75C6CC7CC(C6)CC5C7)c4)c3)n2)cc1. The van der Waals surface area contributed by atoms with Crippen LogP contribution >= 0.6 is 0 Å². The molecule has 0 radical (unpaired) electrons. The van der Waals surface area contributed by atoms with E-state index in [-0.39, 0.29) is 5.41 Å². The lowest BCUT2D eigenvalue weighted by Crippen LogP contribution is -2.55. The predicted molar refractivity (Wildman–Crippen MR) is 245 cm³/mol. The molecule has 0 aliphatic heterocycles. The second-order valence-corrected chi connectivity index (χ2v) is 18.0. The number of rotatable bonds is 5. The van der Waals surface area contributed by atoms with Gasteiger partial charge in [0.2, 0.25) is 0 Å². The molecule has 286 valence electrons. The van der Waals surface area contributed by atoms with Crippen molar-refractivity contribution in [3.05, 3.63) is 187 Å². The standard InChI is InChI=1S/C57H43N3/c1-3-12-38(13-4-1)54-58-55(39-14-5-2-6-15-39)60-56(59-54)45-19-10-18-42(34-45)40-16-9-17-41(32-40)43-22-24-49-44(33-43)23-26-51-50-25-21-37-11-7-8-20-48(37)52(50)57(53(49)51)46-28-35-27-36(30-46)31-47(57)29-35/h1-26,32-36,46-47H,27-31H2. The van der Waals surface area contributed by atoms with E-state index >= 15 is 0 Å². The van der Waals surface area contributed by atoms with Crippen molar-refractivity contribution in [2.75, 3.05) is 0 Å². The number of benzene rings is 8. The van der Waals surface area contributed by atoms with Crippen LogP contribution in [0.3, 0.4) is 0 Å². The molecule has 3 nitrogen and oxygen atoms in total. The fourth-order valence-electron chi connectivity index (χ4n) is 12.6. The van der Waals surface area contributed by atoms with Crippen molar-refractivity contribution in [3.63, 3.8) is 0 Å². The van der Waals surface area contributed by atoms with Crippen LogP contribution in [-0.2, 0) is 5.41 Å². The third-order valence-corrected chi connectivity index (χ3v) is 14.8. The van der Waals surface area contributed by atoms with Gasteiger partial charge in [-0.2, -0.15) is 0 Å². The predicted octanol–water partition coefficient (Wildman–Crippen LogP) is 14.2. The first-order chi connectivity index (χ1) is 29.7. The summed E-state index contributed by atoms with van der Waals surface area (Å²) in [7, 11) is 0. The average molecular weight is 770 g/mol. The van der Waals surface area contributed by atoms with Crippen LogP contribution in [0.5, 0.6) is 0 Å². The Labute approximate surface area is 350 Å². The summed E-state index contributed by atoms with van der Waals surface area (Å²) in [5.41, 5.74) is 14.0. The second kappa shape index (κ2) is 13.1. The molecule has 0 atom stereocenters. The van der Waals surface area contributed by atoms with Crippen LogP contribution in [-0.4, -0.2) is 15.0 Å². The van der Waals surface area contributed by atoms with E-state index < -0.39 is 0 Å². The van der Waals surface area contributed by atoms with Gasteiger partial charge in [0, 0.05) is 22.1 Å². The van der Waals surface area contributed by atoms with Gasteiger partial charge in [-0.25, -0.2) is 15.0 Å².